The monoisotopic (exact) mass is 256 g/mol. The molecule has 0 saturated carbocycles. The Balaban J connectivity index is 4.84. The van der Waals surface area contributed by atoms with Crippen molar-refractivity contribution >= 4 is 5.91 Å². The SMILES string of the molecule is CCCC(C)(C)NC(=O)C(CN)(CCC)CCC. The molecule has 0 aromatic carbocycles. The van der Waals surface area contributed by atoms with Crippen LogP contribution in [0.4, 0.5) is 0 Å². The second-order valence-electron chi connectivity index (χ2n) is 6.07. The van der Waals surface area contributed by atoms with Gasteiger partial charge in [-0.25, -0.2) is 0 Å². The first kappa shape index (κ1) is 17.4. The molecule has 0 saturated heterocycles. The van der Waals surface area contributed by atoms with Gasteiger partial charge in [-0.3, -0.25) is 4.79 Å². The highest BCUT2D eigenvalue weighted by atomic mass is 16.2. The molecule has 0 spiro atoms. The maximum Gasteiger partial charge on any atom is 0.227 e. The van der Waals surface area contributed by atoms with Gasteiger partial charge in [-0.15, -0.1) is 0 Å². The highest BCUT2D eigenvalue weighted by Gasteiger charge is 2.37. The van der Waals surface area contributed by atoms with Gasteiger partial charge in [0.25, 0.3) is 0 Å². The van der Waals surface area contributed by atoms with E-state index in [-0.39, 0.29) is 16.9 Å². The van der Waals surface area contributed by atoms with E-state index in [1.165, 1.54) is 0 Å². The molecule has 0 bridgehead atoms. The standard InChI is InChI=1S/C15H32N2O/c1-6-9-14(4,5)17-13(18)15(12-16,10-7-2)11-8-3/h6-12,16H2,1-5H3,(H,17,18). The summed E-state index contributed by atoms with van der Waals surface area (Å²) in [4.78, 5) is 12.6. The van der Waals surface area contributed by atoms with Crippen molar-refractivity contribution in [2.24, 2.45) is 11.1 Å². The second-order valence-corrected chi connectivity index (χ2v) is 6.07. The fourth-order valence-electron chi connectivity index (χ4n) is 2.73. The fourth-order valence-corrected chi connectivity index (χ4v) is 2.73. The highest BCUT2D eigenvalue weighted by Crippen LogP contribution is 2.30. The zero-order chi connectivity index (χ0) is 14.2. The lowest BCUT2D eigenvalue weighted by molar-refractivity contribution is -0.133. The lowest BCUT2D eigenvalue weighted by Crippen LogP contribution is -2.53. The van der Waals surface area contributed by atoms with Crippen molar-refractivity contribution in [1.82, 2.24) is 5.32 Å². The molecule has 0 aliphatic heterocycles. The lowest BCUT2D eigenvalue weighted by Gasteiger charge is -2.35. The molecule has 0 fully saturated rings. The third-order valence-corrected chi connectivity index (χ3v) is 3.66. The number of hydrogen-bond donors (Lipinski definition) is 2. The molecule has 0 unspecified atom stereocenters. The first-order chi connectivity index (χ1) is 8.37. The largest absolute Gasteiger partial charge is 0.351 e. The van der Waals surface area contributed by atoms with Crippen LogP contribution in [0.1, 0.15) is 73.1 Å². The normalized spacial score (nSPS) is 12.6. The van der Waals surface area contributed by atoms with Gasteiger partial charge in [0.2, 0.25) is 5.91 Å². The maximum absolute atomic E-state index is 12.6. The van der Waals surface area contributed by atoms with Crippen LogP contribution in [0.15, 0.2) is 0 Å². The summed E-state index contributed by atoms with van der Waals surface area (Å²) in [6.45, 7) is 11.0. The van der Waals surface area contributed by atoms with Crippen molar-refractivity contribution in [3.63, 3.8) is 0 Å². The predicted octanol–water partition coefficient (Wildman–Crippen LogP) is 3.23. The topological polar surface area (TPSA) is 55.1 Å². The van der Waals surface area contributed by atoms with Crippen LogP contribution >= 0.6 is 0 Å². The number of carbonyl (C=O) groups is 1. The molecule has 18 heavy (non-hydrogen) atoms. The van der Waals surface area contributed by atoms with Crippen LogP contribution in [0.25, 0.3) is 0 Å². The summed E-state index contributed by atoms with van der Waals surface area (Å²) in [6, 6.07) is 0. The number of nitrogens with one attached hydrogen (secondary N) is 1. The summed E-state index contributed by atoms with van der Waals surface area (Å²) in [5.41, 5.74) is 5.42. The van der Waals surface area contributed by atoms with E-state index in [0.717, 1.165) is 38.5 Å². The van der Waals surface area contributed by atoms with Crippen LogP contribution in [-0.4, -0.2) is 18.0 Å². The van der Waals surface area contributed by atoms with Gasteiger partial charge in [-0.2, -0.15) is 0 Å². The Morgan fingerprint density at radius 1 is 1.00 bits per heavy atom. The zero-order valence-electron chi connectivity index (χ0n) is 12.9. The first-order valence-electron chi connectivity index (χ1n) is 7.40. The molecule has 0 aliphatic rings. The molecule has 3 N–H and O–H groups in total. The van der Waals surface area contributed by atoms with Gasteiger partial charge in [0, 0.05) is 12.1 Å². The number of carbonyl (C=O) groups excluding carboxylic acids is 1. The molecule has 3 nitrogen and oxygen atoms in total. The molecular weight excluding hydrogens is 224 g/mol. The summed E-state index contributed by atoms with van der Waals surface area (Å²) < 4.78 is 0. The van der Waals surface area contributed by atoms with Crippen LogP contribution in [0.2, 0.25) is 0 Å². The van der Waals surface area contributed by atoms with Crippen LogP contribution < -0.4 is 11.1 Å². The van der Waals surface area contributed by atoms with E-state index in [9.17, 15) is 4.79 Å². The van der Waals surface area contributed by atoms with Crippen molar-refractivity contribution in [3.05, 3.63) is 0 Å². The van der Waals surface area contributed by atoms with E-state index in [1.807, 2.05) is 0 Å². The van der Waals surface area contributed by atoms with E-state index in [4.69, 9.17) is 5.73 Å². The molecule has 1 amide bonds. The molecule has 3 heteroatoms. The van der Waals surface area contributed by atoms with Gasteiger partial charge in [0.05, 0.1) is 5.41 Å². The van der Waals surface area contributed by atoms with Crippen LogP contribution in [0.5, 0.6) is 0 Å². The molecule has 0 aliphatic carbocycles. The Bertz CT molecular complexity index is 243. The van der Waals surface area contributed by atoms with E-state index >= 15 is 0 Å². The Morgan fingerprint density at radius 3 is 1.78 bits per heavy atom. The first-order valence-corrected chi connectivity index (χ1v) is 7.40. The molecule has 0 aromatic heterocycles. The number of hydrogen-bond acceptors (Lipinski definition) is 2. The molecule has 0 aromatic rings. The quantitative estimate of drug-likeness (QED) is 0.665. The van der Waals surface area contributed by atoms with Gasteiger partial charge in [-0.05, 0) is 33.1 Å². The van der Waals surface area contributed by atoms with E-state index in [1.54, 1.807) is 0 Å². The Kier molecular flexibility index (Phi) is 7.53. The summed E-state index contributed by atoms with van der Waals surface area (Å²) >= 11 is 0. The Morgan fingerprint density at radius 2 is 1.44 bits per heavy atom. The minimum Gasteiger partial charge on any atom is -0.351 e. The highest BCUT2D eigenvalue weighted by molar-refractivity contribution is 5.83. The predicted molar refractivity (Wildman–Crippen MR) is 78.4 cm³/mol. The number of rotatable bonds is 9. The average Bonchev–Trinajstić information content (AvgIpc) is 2.27. The summed E-state index contributed by atoms with van der Waals surface area (Å²) in [5, 5.41) is 3.20. The Labute approximate surface area is 113 Å². The van der Waals surface area contributed by atoms with Crippen molar-refractivity contribution < 1.29 is 4.79 Å². The van der Waals surface area contributed by atoms with Crippen LogP contribution in [0, 0.1) is 5.41 Å². The summed E-state index contributed by atoms with van der Waals surface area (Å²) in [5.74, 6) is 0.146. The van der Waals surface area contributed by atoms with Crippen molar-refractivity contribution in [2.45, 2.75) is 78.7 Å². The smallest absolute Gasteiger partial charge is 0.227 e. The van der Waals surface area contributed by atoms with Gasteiger partial charge in [-0.1, -0.05) is 40.0 Å². The van der Waals surface area contributed by atoms with E-state index in [0.29, 0.717) is 6.54 Å². The van der Waals surface area contributed by atoms with Crippen LogP contribution in [0.3, 0.4) is 0 Å². The van der Waals surface area contributed by atoms with Gasteiger partial charge < -0.3 is 11.1 Å². The minimum absolute atomic E-state index is 0.131. The third-order valence-electron chi connectivity index (χ3n) is 3.66. The molecule has 0 rings (SSSR count). The average molecular weight is 256 g/mol. The lowest BCUT2D eigenvalue weighted by atomic mass is 9.77. The van der Waals surface area contributed by atoms with Gasteiger partial charge in [0.15, 0.2) is 0 Å². The molecule has 0 radical (unpaired) electrons. The molecular formula is C15H32N2O. The molecule has 0 heterocycles. The maximum atomic E-state index is 12.6. The second kappa shape index (κ2) is 7.78. The Hall–Kier alpha value is -0.570. The summed E-state index contributed by atoms with van der Waals surface area (Å²) in [6.07, 6.45) is 5.83. The minimum atomic E-state index is -0.367. The van der Waals surface area contributed by atoms with Crippen molar-refractivity contribution in [1.29, 1.82) is 0 Å². The van der Waals surface area contributed by atoms with Crippen LogP contribution in [-0.2, 0) is 4.79 Å². The van der Waals surface area contributed by atoms with Gasteiger partial charge in [0.1, 0.15) is 0 Å². The van der Waals surface area contributed by atoms with E-state index in [2.05, 4.69) is 39.9 Å². The van der Waals surface area contributed by atoms with E-state index < -0.39 is 0 Å². The number of nitrogens with two attached hydrogens (primary N) is 1. The third kappa shape index (κ3) is 4.97. The van der Waals surface area contributed by atoms with Crippen molar-refractivity contribution in [2.75, 3.05) is 6.54 Å². The molecule has 108 valence electrons. The summed E-state index contributed by atoms with van der Waals surface area (Å²) in [7, 11) is 0. The fraction of sp³-hybridized carbons (Fsp3) is 0.933. The number of amides is 1. The molecule has 0 atom stereocenters. The van der Waals surface area contributed by atoms with Gasteiger partial charge >= 0.3 is 0 Å². The zero-order valence-corrected chi connectivity index (χ0v) is 12.9. The van der Waals surface area contributed by atoms with Crippen molar-refractivity contribution in [3.8, 4) is 0 Å².